The molecule has 4 nitrogen and oxygen atoms in total. The zero-order chi connectivity index (χ0) is 11.3. The van der Waals surface area contributed by atoms with Gasteiger partial charge in [-0.1, -0.05) is 0 Å². The van der Waals surface area contributed by atoms with Crippen molar-refractivity contribution in [3.05, 3.63) is 24.5 Å². The molecule has 1 rings (SSSR count). The van der Waals surface area contributed by atoms with Crippen molar-refractivity contribution in [2.24, 2.45) is 0 Å². The molecule has 4 heteroatoms. The Morgan fingerprint density at radius 2 is 2.13 bits per heavy atom. The first kappa shape index (κ1) is 11.7. The van der Waals surface area contributed by atoms with E-state index in [2.05, 4.69) is 10.3 Å². The largest absolute Gasteiger partial charge is 0.311 e. The number of nitrogens with zero attached hydrogens (tertiary/aromatic N) is 2. The second kappa shape index (κ2) is 5.46. The number of hydrogen-bond donors (Lipinski definition) is 1. The zero-order valence-corrected chi connectivity index (χ0v) is 9.40. The molecule has 15 heavy (non-hydrogen) atoms. The van der Waals surface area contributed by atoms with Crippen LogP contribution in [0.25, 0.3) is 0 Å². The van der Waals surface area contributed by atoms with Gasteiger partial charge in [0.05, 0.1) is 6.04 Å². The fraction of sp³-hybridized carbons (Fsp3) is 0.455. The van der Waals surface area contributed by atoms with Crippen LogP contribution in [0.1, 0.15) is 13.8 Å². The van der Waals surface area contributed by atoms with Gasteiger partial charge in [0.2, 0.25) is 5.91 Å². The van der Waals surface area contributed by atoms with Gasteiger partial charge in [-0.25, -0.2) is 0 Å². The summed E-state index contributed by atoms with van der Waals surface area (Å²) in [5.74, 6) is 0.0752. The van der Waals surface area contributed by atoms with Gasteiger partial charge in [-0.05, 0) is 33.0 Å². The van der Waals surface area contributed by atoms with E-state index in [1.807, 2.05) is 26.0 Å². The van der Waals surface area contributed by atoms with Crippen molar-refractivity contribution >= 4 is 11.6 Å². The van der Waals surface area contributed by atoms with Crippen LogP contribution < -0.4 is 10.2 Å². The molecule has 1 unspecified atom stereocenters. The summed E-state index contributed by atoms with van der Waals surface area (Å²) in [6.45, 7) is 4.47. The van der Waals surface area contributed by atoms with E-state index in [1.165, 1.54) is 0 Å². The molecule has 0 aromatic carbocycles. The van der Waals surface area contributed by atoms with Crippen LogP contribution in [-0.2, 0) is 4.79 Å². The van der Waals surface area contributed by atoms with Crippen LogP contribution >= 0.6 is 0 Å². The summed E-state index contributed by atoms with van der Waals surface area (Å²) in [4.78, 5) is 17.6. The average Bonchev–Trinajstić information content (AvgIpc) is 2.30. The minimum absolute atomic E-state index is 0.0752. The first-order valence-corrected chi connectivity index (χ1v) is 5.09. The second-order valence-corrected chi connectivity index (χ2v) is 3.30. The van der Waals surface area contributed by atoms with Gasteiger partial charge in [0.1, 0.15) is 0 Å². The Hall–Kier alpha value is -1.42. The molecule has 0 saturated heterocycles. The van der Waals surface area contributed by atoms with Crippen LogP contribution in [0.4, 0.5) is 5.69 Å². The third-order valence-corrected chi connectivity index (χ3v) is 2.36. The highest BCUT2D eigenvalue weighted by atomic mass is 16.2. The van der Waals surface area contributed by atoms with Crippen LogP contribution in [0.15, 0.2) is 24.5 Å². The number of likely N-dealkylation sites (N-methyl/N-ethyl adjacent to an activating group) is 2. The minimum atomic E-state index is -0.168. The number of carbonyl (C=O) groups excluding carboxylic acids is 1. The lowest BCUT2D eigenvalue weighted by Gasteiger charge is -2.24. The summed E-state index contributed by atoms with van der Waals surface area (Å²) in [6.07, 6.45) is 3.38. The zero-order valence-electron chi connectivity index (χ0n) is 9.40. The van der Waals surface area contributed by atoms with Crippen molar-refractivity contribution in [2.75, 3.05) is 18.5 Å². The van der Waals surface area contributed by atoms with E-state index in [0.717, 1.165) is 5.69 Å². The van der Waals surface area contributed by atoms with E-state index in [4.69, 9.17) is 0 Å². The van der Waals surface area contributed by atoms with E-state index in [0.29, 0.717) is 6.54 Å². The van der Waals surface area contributed by atoms with Crippen molar-refractivity contribution < 1.29 is 4.79 Å². The molecular weight excluding hydrogens is 190 g/mol. The Morgan fingerprint density at radius 1 is 1.53 bits per heavy atom. The number of carbonyl (C=O) groups is 1. The smallest absolute Gasteiger partial charge is 0.243 e. The van der Waals surface area contributed by atoms with Gasteiger partial charge in [0, 0.05) is 24.6 Å². The maximum Gasteiger partial charge on any atom is 0.243 e. The summed E-state index contributed by atoms with van der Waals surface area (Å²) in [7, 11) is 1.78. The van der Waals surface area contributed by atoms with E-state index < -0.39 is 0 Å². The lowest BCUT2D eigenvalue weighted by Crippen LogP contribution is -2.43. The molecule has 0 aliphatic heterocycles. The van der Waals surface area contributed by atoms with Crippen molar-refractivity contribution in [1.29, 1.82) is 0 Å². The number of aromatic nitrogens is 1. The molecule has 1 aromatic heterocycles. The van der Waals surface area contributed by atoms with Crippen molar-refractivity contribution in [3.63, 3.8) is 0 Å². The average molecular weight is 207 g/mol. The monoisotopic (exact) mass is 207 g/mol. The van der Waals surface area contributed by atoms with E-state index >= 15 is 0 Å². The van der Waals surface area contributed by atoms with Crippen molar-refractivity contribution in [3.8, 4) is 0 Å². The van der Waals surface area contributed by atoms with Gasteiger partial charge in [-0.3, -0.25) is 9.78 Å². The quantitative estimate of drug-likeness (QED) is 0.802. The Bertz CT molecular complexity index is 313. The molecule has 0 radical (unpaired) electrons. The summed E-state index contributed by atoms with van der Waals surface area (Å²) < 4.78 is 0. The Morgan fingerprint density at radius 3 is 2.60 bits per heavy atom. The van der Waals surface area contributed by atoms with Crippen LogP contribution in [0.3, 0.4) is 0 Å². The highest BCUT2D eigenvalue weighted by molar-refractivity contribution is 5.96. The maximum atomic E-state index is 11.9. The predicted octanol–water partition coefficient (Wildman–Crippen LogP) is 1.04. The molecule has 1 heterocycles. The number of rotatable bonds is 4. The lowest BCUT2D eigenvalue weighted by atomic mass is 10.2. The molecule has 0 spiro atoms. The van der Waals surface area contributed by atoms with Gasteiger partial charge in [-0.15, -0.1) is 0 Å². The molecular formula is C11H17N3O. The topological polar surface area (TPSA) is 45.2 Å². The molecule has 0 aliphatic rings. The first-order chi connectivity index (χ1) is 7.20. The lowest BCUT2D eigenvalue weighted by molar-refractivity contribution is -0.120. The van der Waals surface area contributed by atoms with E-state index in [1.54, 1.807) is 24.3 Å². The minimum Gasteiger partial charge on any atom is -0.311 e. The van der Waals surface area contributed by atoms with Gasteiger partial charge < -0.3 is 10.2 Å². The maximum absolute atomic E-state index is 11.9. The Kier molecular flexibility index (Phi) is 4.24. The SMILES string of the molecule is CCN(C(=O)C(C)NC)c1ccncc1. The molecule has 0 aliphatic carbocycles. The van der Waals surface area contributed by atoms with Crippen LogP contribution in [0.5, 0.6) is 0 Å². The highest BCUT2D eigenvalue weighted by Crippen LogP contribution is 2.12. The number of anilines is 1. The first-order valence-electron chi connectivity index (χ1n) is 5.09. The standard InChI is InChI=1S/C11H17N3O/c1-4-14(11(15)9(2)12-3)10-5-7-13-8-6-10/h5-9,12H,4H2,1-3H3. The van der Waals surface area contributed by atoms with Crippen LogP contribution in [-0.4, -0.2) is 30.5 Å². The molecule has 1 amide bonds. The number of pyridine rings is 1. The van der Waals surface area contributed by atoms with Crippen molar-refractivity contribution in [2.45, 2.75) is 19.9 Å². The molecule has 82 valence electrons. The van der Waals surface area contributed by atoms with Gasteiger partial charge >= 0.3 is 0 Å². The Labute approximate surface area is 90.3 Å². The fourth-order valence-electron chi connectivity index (χ4n) is 1.35. The third-order valence-electron chi connectivity index (χ3n) is 2.36. The normalized spacial score (nSPS) is 12.2. The molecule has 1 aromatic rings. The molecule has 0 bridgehead atoms. The van der Waals surface area contributed by atoms with Gasteiger partial charge in [-0.2, -0.15) is 0 Å². The predicted molar refractivity (Wildman–Crippen MR) is 60.8 cm³/mol. The number of amides is 1. The Balaban J connectivity index is 2.85. The molecule has 0 saturated carbocycles. The van der Waals surface area contributed by atoms with Crippen LogP contribution in [0.2, 0.25) is 0 Å². The highest BCUT2D eigenvalue weighted by Gasteiger charge is 2.18. The summed E-state index contributed by atoms with van der Waals surface area (Å²) in [5.41, 5.74) is 0.889. The van der Waals surface area contributed by atoms with E-state index in [-0.39, 0.29) is 11.9 Å². The molecule has 0 fully saturated rings. The number of nitrogens with one attached hydrogen (secondary N) is 1. The van der Waals surface area contributed by atoms with Gasteiger partial charge in [0.25, 0.3) is 0 Å². The van der Waals surface area contributed by atoms with Crippen LogP contribution in [0, 0.1) is 0 Å². The number of hydrogen-bond acceptors (Lipinski definition) is 3. The summed E-state index contributed by atoms with van der Waals surface area (Å²) in [6, 6.07) is 3.51. The fourth-order valence-corrected chi connectivity index (χ4v) is 1.35. The molecule has 1 N–H and O–H groups in total. The van der Waals surface area contributed by atoms with Crippen molar-refractivity contribution in [1.82, 2.24) is 10.3 Å². The summed E-state index contributed by atoms with van der Waals surface area (Å²) >= 11 is 0. The summed E-state index contributed by atoms with van der Waals surface area (Å²) in [5, 5.41) is 2.94. The second-order valence-electron chi connectivity index (χ2n) is 3.30. The third kappa shape index (κ3) is 2.76. The molecule has 1 atom stereocenters. The van der Waals surface area contributed by atoms with Gasteiger partial charge in [0.15, 0.2) is 0 Å². The van der Waals surface area contributed by atoms with E-state index in [9.17, 15) is 4.79 Å².